The van der Waals surface area contributed by atoms with Crippen LogP contribution in [0, 0.1) is 18.3 Å². The van der Waals surface area contributed by atoms with Gasteiger partial charge in [-0.2, -0.15) is 5.26 Å². The van der Waals surface area contributed by atoms with Gasteiger partial charge in [0.05, 0.1) is 4.91 Å². The summed E-state index contributed by atoms with van der Waals surface area (Å²) >= 11 is 6.89. The summed E-state index contributed by atoms with van der Waals surface area (Å²) in [7, 11) is 0. The minimum absolute atomic E-state index is 0.0655. The monoisotopic (exact) mass is 514 g/mol. The zero-order valence-corrected chi connectivity index (χ0v) is 23.0. The molecule has 2 fully saturated rings. The number of thioether (sulfide) groups is 1. The second-order valence-electron chi connectivity index (χ2n) is 9.45. The molecule has 3 heterocycles. The largest absolute Gasteiger partial charge is 0.357 e. The first kappa shape index (κ1) is 27.5. The summed E-state index contributed by atoms with van der Waals surface area (Å²) in [6, 6.07) is 2.14. The Hall–Kier alpha value is -2.11. The van der Waals surface area contributed by atoms with Gasteiger partial charge in [-0.15, -0.1) is 0 Å². The van der Waals surface area contributed by atoms with Crippen LogP contribution in [0.15, 0.2) is 9.70 Å². The number of pyridine rings is 1. The van der Waals surface area contributed by atoms with Gasteiger partial charge in [-0.25, -0.2) is 0 Å². The average molecular weight is 515 g/mol. The summed E-state index contributed by atoms with van der Waals surface area (Å²) < 4.78 is 2.37. The smallest absolute Gasteiger partial charge is 0.270 e. The Bertz CT molecular complexity index is 1060. The van der Waals surface area contributed by atoms with Crippen molar-refractivity contribution in [1.29, 1.82) is 5.26 Å². The van der Waals surface area contributed by atoms with Crippen LogP contribution in [0.1, 0.15) is 94.7 Å². The lowest BCUT2D eigenvalue weighted by Crippen LogP contribution is -2.37. The zero-order chi connectivity index (χ0) is 25.4. The fraction of sp³-hybridized carbons (Fsp3) is 0.630. The predicted octanol–water partition coefficient (Wildman–Crippen LogP) is 5.99. The minimum atomic E-state index is -0.226. The van der Waals surface area contributed by atoms with Gasteiger partial charge in [0.1, 0.15) is 21.8 Å². The summed E-state index contributed by atoms with van der Waals surface area (Å²) in [5, 5.41) is 9.83. The lowest BCUT2D eigenvalue weighted by atomic mass is 10.0. The molecule has 1 aromatic heterocycles. The molecule has 0 radical (unpaired) electrons. The van der Waals surface area contributed by atoms with Crippen LogP contribution in [0.3, 0.4) is 0 Å². The molecule has 0 aliphatic carbocycles. The SMILES string of the molecule is CCCCCCCN1C(=O)C(=Cc2c(C)c(C#N)c(=O)n(CCCC)c2N2CCCCC2)SC1=S. The second kappa shape index (κ2) is 13.3. The van der Waals surface area contributed by atoms with E-state index in [1.54, 1.807) is 9.47 Å². The molecule has 190 valence electrons. The second-order valence-corrected chi connectivity index (χ2v) is 11.1. The first-order valence-electron chi connectivity index (χ1n) is 13.1. The third kappa shape index (κ3) is 6.37. The molecule has 0 saturated carbocycles. The number of hydrogen-bond acceptors (Lipinski definition) is 6. The summed E-state index contributed by atoms with van der Waals surface area (Å²) in [4.78, 5) is 31.2. The molecule has 0 N–H and O–H groups in total. The molecule has 6 nitrogen and oxygen atoms in total. The summed E-state index contributed by atoms with van der Waals surface area (Å²) in [5.74, 6) is 0.786. The third-order valence-electron chi connectivity index (χ3n) is 6.87. The number of carbonyl (C=O) groups excluding carboxylic acids is 1. The number of piperidine rings is 1. The lowest BCUT2D eigenvalue weighted by molar-refractivity contribution is -0.122. The van der Waals surface area contributed by atoms with Crippen LogP contribution in [0.2, 0.25) is 0 Å². The molecule has 1 amide bonds. The van der Waals surface area contributed by atoms with E-state index in [-0.39, 0.29) is 17.0 Å². The molecule has 2 aliphatic heterocycles. The number of unbranched alkanes of at least 4 members (excludes halogenated alkanes) is 5. The van der Waals surface area contributed by atoms with E-state index in [9.17, 15) is 14.9 Å². The molecule has 1 aromatic rings. The van der Waals surface area contributed by atoms with E-state index in [1.807, 2.05) is 13.0 Å². The molecule has 0 spiro atoms. The fourth-order valence-electron chi connectivity index (χ4n) is 4.81. The number of nitrogens with zero attached hydrogens (tertiary/aromatic N) is 4. The van der Waals surface area contributed by atoms with Gasteiger partial charge >= 0.3 is 0 Å². The average Bonchev–Trinajstić information content (AvgIpc) is 3.12. The van der Waals surface area contributed by atoms with Crippen molar-refractivity contribution in [2.24, 2.45) is 0 Å². The van der Waals surface area contributed by atoms with Gasteiger partial charge in [0.2, 0.25) is 0 Å². The lowest BCUT2D eigenvalue weighted by Gasteiger charge is -2.33. The van der Waals surface area contributed by atoms with Crippen molar-refractivity contribution < 1.29 is 4.79 Å². The van der Waals surface area contributed by atoms with E-state index >= 15 is 0 Å². The van der Waals surface area contributed by atoms with Crippen molar-refractivity contribution in [2.75, 3.05) is 24.5 Å². The number of nitriles is 1. The van der Waals surface area contributed by atoms with E-state index in [4.69, 9.17) is 12.2 Å². The minimum Gasteiger partial charge on any atom is -0.357 e. The first-order chi connectivity index (χ1) is 16.9. The van der Waals surface area contributed by atoms with Crippen molar-refractivity contribution in [3.05, 3.63) is 31.9 Å². The van der Waals surface area contributed by atoms with Crippen molar-refractivity contribution in [3.63, 3.8) is 0 Å². The Balaban J connectivity index is 2.03. The van der Waals surface area contributed by atoms with E-state index in [1.165, 1.54) is 37.4 Å². The summed E-state index contributed by atoms with van der Waals surface area (Å²) in [6.45, 7) is 9.07. The van der Waals surface area contributed by atoms with Crippen LogP contribution in [0.4, 0.5) is 5.82 Å². The molecular weight excluding hydrogens is 476 g/mol. The van der Waals surface area contributed by atoms with Crippen molar-refractivity contribution in [3.8, 4) is 6.07 Å². The number of carbonyl (C=O) groups is 1. The zero-order valence-electron chi connectivity index (χ0n) is 21.4. The van der Waals surface area contributed by atoms with E-state index < -0.39 is 0 Å². The van der Waals surface area contributed by atoms with E-state index in [0.29, 0.717) is 27.9 Å². The Morgan fingerprint density at radius 2 is 1.69 bits per heavy atom. The third-order valence-corrected chi connectivity index (χ3v) is 8.25. The molecular formula is C27H38N4O2S2. The summed E-state index contributed by atoms with van der Waals surface area (Å²) in [6.07, 6.45) is 12.6. The van der Waals surface area contributed by atoms with Gasteiger partial charge in [-0.05, 0) is 50.7 Å². The number of aromatic nitrogens is 1. The van der Waals surface area contributed by atoms with Crippen LogP contribution in [-0.2, 0) is 11.3 Å². The van der Waals surface area contributed by atoms with Gasteiger partial charge in [-0.3, -0.25) is 19.1 Å². The van der Waals surface area contributed by atoms with Crippen molar-refractivity contribution >= 4 is 46.1 Å². The molecule has 8 heteroatoms. The molecule has 3 rings (SSSR count). The molecule has 35 heavy (non-hydrogen) atoms. The van der Waals surface area contributed by atoms with Crippen molar-refractivity contribution in [2.45, 2.75) is 91.5 Å². The highest BCUT2D eigenvalue weighted by atomic mass is 32.2. The van der Waals surface area contributed by atoms with Gasteiger partial charge in [0.25, 0.3) is 11.5 Å². The number of anilines is 1. The van der Waals surface area contributed by atoms with Crippen LogP contribution < -0.4 is 10.5 Å². The Kier molecular flexibility index (Phi) is 10.4. The van der Waals surface area contributed by atoms with E-state index in [0.717, 1.165) is 63.0 Å². The fourth-order valence-corrected chi connectivity index (χ4v) is 6.10. The topological polar surface area (TPSA) is 69.3 Å². The quantitative estimate of drug-likeness (QED) is 0.205. The maximum Gasteiger partial charge on any atom is 0.270 e. The highest BCUT2D eigenvalue weighted by Gasteiger charge is 2.33. The standard InChI is InChI=1S/C27H38N4O2S2/c1-4-6-8-9-13-17-31-26(33)23(35-27(31)34)18-21-20(3)22(19-28)25(32)30(16-7-5-2)24(21)29-14-11-10-12-15-29/h18H,4-17H2,1-3H3. The van der Waals surface area contributed by atoms with Gasteiger partial charge in [0, 0.05) is 31.7 Å². The van der Waals surface area contributed by atoms with Crippen molar-refractivity contribution in [1.82, 2.24) is 9.47 Å². The van der Waals surface area contributed by atoms with Crippen LogP contribution in [0.5, 0.6) is 0 Å². The number of rotatable bonds is 11. The highest BCUT2D eigenvalue weighted by molar-refractivity contribution is 8.26. The van der Waals surface area contributed by atoms with Crippen LogP contribution in [0.25, 0.3) is 6.08 Å². The Morgan fingerprint density at radius 3 is 2.34 bits per heavy atom. The molecule has 2 aliphatic rings. The molecule has 2 saturated heterocycles. The molecule has 0 bridgehead atoms. The maximum absolute atomic E-state index is 13.3. The van der Waals surface area contributed by atoms with Gasteiger partial charge in [-0.1, -0.05) is 69.9 Å². The molecule has 0 aromatic carbocycles. The predicted molar refractivity (Wildman–Crippen MR) is 150 cm³/mol. The Morgan fingerprint density at radius 1 is 1.00 bits per heavy atom. The number of thiocarbonyl (C=S) groups is 1. The number of amides is 1. The summed E-state index contributed by atoms with van der Waals surface area (Å²) in [5.41, 5.74) is 1.40. The van der Waals surface area contributed by atoms with Crippen LogP contribution in [-0.4, -0.2) is 39.3 Å². The number of hydrogen-bond donors (Lipinski definition) is 0. The van der Waals surface area contributed by atoms with Gasteiger partial charge in [0.15, 0.2) is 0 Å². The highest BCUT2D eigenvalue weighted by Crippen LogP contribution is 2.36. The maximum atomic E-state index is 13.3. The molecule has 0 unspecified atom stereocenters. The van der Waals surface area contributed by atoms with Crippen LogP contribution >= 0.6 is 24.0 Å². The Labute approximate surface area is 219 Å². The normalized spacial score (nSPS) is 17.5. The van der Waals surface area contributed by atoms with Gasteiger partial charge < -0.3 is 4.90 Å². The molecule has 0 atom stereocenters. The van der Waals surface area contributed by atoms with E-state index in [2.05, 4.69) is 24.8 Å². The first-order valence-corrected chi connectivity index (χ1v) is 14.3.